The van der Waals surface area contributed by atoms with Crippen molar-refractivity contribution in [2.24, 2.45) is 0 Å². The fourth-order valence-electron chi connectivity index (χ4n) is 1.51. The minimum atomic E-state index is -0.500. The summed E-state index contributed by atoms with van der Waals surface area (Å²) >= 11 is 0. The van der Waals surface area contributed by atoms with Gasteiger partial charge in [0.05, 0.1) is 16.9 Å². The highest BCUT2D eigenvalue weighted by Crippen LogP contribution is 2.23. The number of aromatic nitrogens is 1. The maximum absolute atomic E-state index is 11.9. The van der Waals surface area contributed by atoms with E-state index in [9.17, 15) is 15.0 Å². The molecular formula is C13H12N2O3. The number of carbonyl (C=O) groups is 1. The van der Waals surface area contributed by atoms with Crippen LogP contribution in [0.15, 0.2) is 36.5 Å². The summed E-state index contributed by atoms with van der Waals surface area (Å²) in [6.07, 6.45) is 1.62. The van der Waals surface area contributed by atoms with E-state index in [1.54, 1.807) is 25.3 Å². The molecule has 0 saturated heterocycles. The number of benzene rings is 1. The van der Waals surface area contributed by atoms with Gasteiger partial charge >= 0.3 is 0 Å². The molecule has 0 spiro atoms. The zero-order valence-corrected chi connectivity index (χ0v) is 9.71. The van der Waals surface area contributed by atoms with E-state index in [0.29, 0.717) is 11.4 Å². The summed E-state index contributed by atoms with van der Waals surface area (Å²) in [6.45, 7) is 1.76. The summed E-state index contributed by atoms with van der Waals surface area (Å²) in [5, 5.41) is 21.5. The van der Waals surface area contributed by atoms with Crippen molar-refractivity contribution in [2.45, 2.75) is 6.92 Å². The number of hydrogen-bond donors (Lipinski definition) is 3. The molecule has 92 valence electrons. The van der Waals surface area contributed by atoms with Gasteiger partial charge in [0, 0.05) is 6.20 Å². The maximum atomic E-state index is 11.9. The van der Waals surface area contributed by atoms with Crippen molar-refractivity contribution in [1.82, 2.24) is 4.98 Å². The number of amides is 1. The van der Waals surface area contributed by atoms with Gasteiger partial charge in [-0.2, -0.15) is 0 Å². The van der Waals surface area contributed by atoms with E-state index in [-0.39, 0.29) is 17.1 Å². The Hall–Kier alpha value is -2.56. The van der Waals surface area contributed by atoms with Crippen LogP contribution in [0.5, 0.6) is 11.5 Å². The zero-order chi connectivity index (χ0) is 13.1. The lowest BCUT2D eigenvalue weighted by atomic mass is 10.1. The highest BCUT2D eigenvalue weighted by molar-refractivity contribution is 6.06. The van der Waals surface area contributed by atoms with Crippen molar-refractivity contribution < 1.29 is 15.0 Å². The molecule has 0 aliphatic rings. The van der Waals surface area contributed by atoms with Gasteiger partial charge in [-0.1, -0.05) is 0 Å². The largest absolute Gasteiger partial charge is 0.508 e. The Labute approximate surface area is 104 Å². The van der Waals surface area contributed by atoms with Gasteiger partial charge in [-0.05, 0) is 37.3 Å². The van der Waals surface area contributed by atoms with Gasteiger partial charge < -0.3 is 15.5 Å². The number of hydrogen-bond acceptors (Lipinski definition) is 4. The van der Waals surface area contributed by atoms with Crippen molar-refractivity contribution in [2.75, 3.05) is 5.32 Å². The fraction of sp³-hybridized carbons (Fsp3) is 0.0769. The lowest BCUT2D eigenvalue weighted by Crippen LogP contribution is -2.13. The third kappa shape index (κ3) is 2.40. The molecule has 0 unspecified atom stereocenters. The monoisotopic (exact) mass is 244 g/mol. The molecule has 1 aromatic carbocycles. The van der Waals surface area contributed by atoms with Gasteiger partial charge in [0.1, 0.15) is 11.5 Å². The molecule has 0 radical (unpaired) electrons. The second-order valence-electron chi connectivity index (χ2n) is 3.79. The van der Waals surface area contributed by atoms with Crippen LogP contribution in [0.3, 0.4) is 0 Å². The highest BCUT2D eigenvalue weighted by Gasteiger charge is 2.13. The molecule has 0 aliphatic heterocycles. The van der Waals surface area contributed by atoms with E-state index in [2.05, 4.69) is 10.3 Å². The number of phenolic OH excluding ortho intramolecular Hbond substituents is 2. The van der Waals surface area contributed by atoms with E-state index in [1.807, 2.05) is 0 Å². The predicted molar refractivity (Wildman–Crippen MR) is 66.7 cm³/mol. The number of carbonyl (C=O) groups excluding carboxylic acids is 1. The van der Waals surface area contributed by atoms with E-state index in [4.69, 9.17) is 0 Å². The molecule has 0 fully saturated rings. The van der Waals surface area contributed by atoms with E-state index in [0.717, 1.165) is 0 Å². The summed E-state index contributed by atoms with van der Waals surface area (Å²) in [5.74, 6) is -0.771. The Kier molecular flexibility index (Phi) is 3.14. The lowest BCUT2D eigenvalue weighted by Gasteiger charge is -2.08. The first kappa shape index (κ1) is 11.9. The van der Waals surface area contributed by atoms with Crippen molar-refractivity contribution in [3.63, 3.8) is 0 Å². The maximum Gasteiger partial charge on any atom is 0.259 e. The van der Waals surface area contributed by atoms with Crippen LogP contribution in [0.4, 0.5) is 5.69 Å². The second kappa shape index (κ2) is 4.75. The Morgan fingerprint density at radius 3 is 2.78 bits per heavy atom. The van der Waals surface area contributed by atoms with Crippen LogP contribution in [0.2, 0.25) is 0 Å². The normalized spacial score (nSPS) is 10.1. The number of phenols is 2. The highest BCUT2D eigenvalue weighted by atomic mass is 16.3. The number of anilines is 1. The Balaban J connectivity index is 2.28. The molecular weight excluding hydrogens is 232 g/mol. The number of aryl methyl sites for hydroxylation is 1. The van der Waals surface area contributed by atoms with E-state index < -0.39 is 5.91 Å². The van der Waals surface area contributed by atoms with Crippen LogP contribution >= 0.6 is 0 Å². The van der Waals surface area contributed by atoms with E-state index >= 15 is 0 Å². The molecule has 2 aromatic rings. The first-order valence-corrected chi connectivity index (χ1v) is 5.33. The van der Waals surface area contributed by atoms with E-state index in [1.165, 1.54) is 18.2 Å². The molecule has 5 nitrogen and oxygen atoms in total. The topological polar surface area (TPSA) is 82.5 Å². The molecule has 3 N–H and O–H groups in total. The summed E-state index contributed by atoms with van der Waals surface area (Å²) in [4.78, 5) is 16.0. The van der Waals surface area contributed by atoms with Crippen molar-refractivity contribution in [3.05, 3.63) is 47.8 Å². The van der Waals surface area contributed by atoms with Gasteiger partial charge in [0.2, 0.25) is 0 Å². The van der Waals surface area contributed by atoms with Crippen molar-refractivity contribution in [1.29, 1.82) is 0 Å². The molecule has 1 heterocycles. The van der Waals surface area contributed by atoms with Gasteiger partial charge in [0.15, 0.2) is 0 Å². The van der Waals surface area contributed by atoms with Crippen LogP contribution in [-0.2, 0) is 0 Å². The predicted octanol–water partition coefficient (Wildman–Crippen LogP) is 2.05. The third-order valence-corrected chi connectivity index (χ3v) is 2.48. The summed E-state index contributed by atoms with van der Waals surface area (Å²) in [6, 6.07) is 7.18. The standard InChI is InChI=1S/C13H12N2O3/c1-8-11(3-2-6-14-8)15-13(18)10-7-9(16)4-5-12(10)17/h2-7,16-17H,1H3,(H,15,18). The lowest BCUT2D eigenvalue weighted by molar-refractivity contribution is 0.102. The molecule has 1 amide bonds. The Bertz CT molecular complexity index is 597. The van der Waals surface area contributed by atoms with Crippen LogP contribution in [0, 0.1) is 6.92 Å². The SMILES string of the molecule is Cc1ncccc1NC(=O)c1cc(O)ccc1O. The Morgan fingerprint density at radius 1 is 1.28 bits per heavy atom. The fourth-order valence-corrected chi connectivity index (χ4v) is 1.51. The minimum absolute atomic E-state index is 0.0123. The quantitative estimate of drug-likeness (QED) is 0.706. The first-order chi connectivity index (χ1) is 8.58. The zero-order valence-electron chi connectivity index (χ0n) is 9.71. The smallest absolute Gasteiger partial charge is 0.259 e. The first-order valence-electron chi connectivity index (χ1n) is 5.33. The number of nitrogens with zero attached hydrogens (tertiary/aromatic N) is 1. The van der Waals surface area contributed by atoms with Gasteiger partial charge in [-0.15, -0.1) is 0 Å². The third-order valence-electron chi connectivity index (χ3n) is 2.48. The number of pyridine rings is 1. The molecule has 0 atom stereocenters. The summed E-state index contributed by atoms with van der Waals surface area (Å²) < 4.78 is 0. The molecule has 5 heteroatoms. The summed E-state index contributed by atoms with van der Waals surface area (Å²) in [7, 11) is 0. The van der Waals surface area contributed by atoms with Crippen LogP contribution in [-0.4, -0.2) is 21.1 Å². The van der Waals surface area contributed by atoms with Gasteiger partial charge in [-0.3, -0.25) is 9.78 Å². The average molecular weight is 244 g/mol. The van der Waals surface area contributed by atoms with Crippen LogP contribution < -0.4 is 5.32 Å². The van der Waals surface area contributed by atoms with Crippen LogP contribution in [0.25, 0.3) is 0 Å². The second-order valence-corrected chi connectivity index (χ2v) is 3.79. The van der Waals surface area contributed by atoms with Crippen molar-refractivity contribution in [3.8, 4) is 11.5 Å². The van der Waals surface area contributed by atoms with Gasteiger partial charge in [0.25, 0.3) is 5.91 Å². The minimum Gasteiger partial charge on any atom is -0.508 e. The van der Waals surface area contributed by atoms with Crippen molar-refractivity contribution >= 4 is 11.6 Å². The number of nitrogens with one attached hydrogen (secondary N) is 1. The molecule has 0 saturated carbocycles. The summed E-state index contributed by atoms with van der Waals surface area (Å²) in [5.41, 5.74) is 1.24. The van der Waals surface area contributed by atoms with Gasteiger partial charge in [-0.25, -0.2) is 0 Å². The van der Waals surface area contributed by atoms with Crippen LogP contribution in [0.1, 0.15) is 16.1 Å². The molecule has 1 aromatic heterocycles. The molecule has 0 bridgehead atoms. The molecule has 0 aliphatic carbocycles. The Morgan fingerprint density at radius 2 is 2.06 bits per heavy atom. The molecule has 18 heavy (non-hydrogen) atoms. The molecule has 2 rings (SSSR count). The number of rotatable bonds is 2. The number of aromatic hydroxyl groups is 2. The average Bonchev–Trinajstić information content (AvgIpc) is 2.35.